The molecule has 1 atom stereocenters. The summed E-state index contributed by atoms with van der Waals surface area (Å²) in [7, 11) is 2.05. The zero-order valence-corrected chi connectivity index (χ0v) is 41.2. The Bertz CT molecular complexity index is 3200. The second-order valence-electron chi connectivity index (χ2n) is 17.6. The topological polar surface area (TPSA) is 9.86 Å². The number of aryl methyl sites for hydroxylation is 3. The van der Waals surface area contributed by atoms with Gasteiger partial charge in [-0.3, -0.25) is 0 Å². The van der Waals surface area contributed by atoms with E-state index in [0.29, 0.717) is 5.92 Å². The fourth-order valence-electron chi connectivity index (χ4n) is 11.0. The van der Waals surface area contributed by atoms with Gasteiger partial charge in [-0.05, 0) is 53.4 Å². The van der Waals surface area contributed by atoms with Crippen LogP contribution in [0.15, 0.2) is 133 Å². The van der Waals surface area contributed by atoms with Crippen LogP contribution < -0.4 is 10.4 Å². The minimum atomic E-state index is -2.34. The molecule has 0 radical (unpaired) electrons. The van der Waals surface area contributed by atoms with Crippen molar-refractivity contribution in [3.63, 3.8) is 0 Å². The van der Waals surface area contributed by atoms with Gasteiger partial charge in [0.25, 0.3) is 0 Å². The third kappa shape index (κ3) is 6.94. The average Bonchev–Trinajstić information content (AvgIpc) is 3.97. The normalized spacial score (nSPS) is 12.7. The maximum absolute atomic E-state index is 2.73. The number of benzene rings is 6. The largest absolute Gasteiger partial charge is 4.00 e. The van der Waals surface area contributed by atoms with E-state index < -0.39 is 8.07 Å². The average molecular weight is 892 g/mol. The summed E-state index contributed by atoms with van der Waals surface area (Å²) >= 11 is 0. The molecule has 1 unspecified atom stereocenters. The first-order valence-electron chi connectivity index (χ1n) is 21.6. The van der Waals surface area contributed by atoms with E-state index in [1.165, 1.54) is 125 Å². The van der Waals surface area contributed by atoms with Gasteiger partial charge < -0.3 is 24.0 Å². The molecule has 0 aliphatic carbocycles. The smallest absolute Gasteiger partial charge is 0.358 e. The third-order valence-electron chi connectivity index (χ3n) is 13.8. The molecular formula is C57H60N2SiZr. The molecule has 0 aliphatic rings. The number of hydrogen-bond donors (Lipinski definition) is 0. The van der Waals surface area contributed by atoms with E-state index in [0.717, 1.165) is 0 Å². The van der Waals surface area contributed by atoms with Crippen LogP contribution in [0.5, 0.6) is 0 Å². The predicted molar refractivity (Wildman–Crippen MR) is 269 cm³/mol. The van der Waals surface area contributed by atoms with E-state index in [4.69, 9.17) is 0 Å². The van der Waals surface area contributed by atoms with Crippen LogP contribution in [-0.4, -0.2) is 17.2 Å². The van der Waals surface area contributed by atoms with Gasteiger partial charge in [0.2, 0.25) is 0 Å². The zero-order chi connectivity index (χ0) is 39.9. The van der Waals surface area contributed by atoms with Crippen molar-refractivity contribution in [3.05, 3.63) is 159 Å². The van der Waals surface area contributed by atoms with Crippen LogP contribution in [0.1, 0.15) is 63.5 Å². The Kier molecular flexibility index (Phi) is 12.5. The SMILES string of the molecule is CCCCCC[Si](C)([c-]1c(C)cc2c(-c3ccc4c(c3)c3ccccc3n4C)cccc21)[c-]1c(C(C)C)cc2c(-c3ccc4c(c3)c3ccccc3n4C)cccc21.[CH3-].[CH3-].[Zr+4]. The first kappa shape index (κ1) is 44.3. The van der Waals surface area contributed by atoms with Gasteiger partial charge in [0, 0.05) is 65.8 Å². The fraction of sp³-hybridized carbons (Fsp3) is 0.228. The first-order chi connectivity index (χ1) is 28.2. The molecule has 306 valence electrons. The molecule has 2 heterocycles. The number of para-hydroxylation sites is 2. The molecule has 0 saturated carbocycles. The second kappa shape index (κ2) is 17.2. The number of fused-ring (bicyclic) bond motifs is 8. The Hall–Kier alpha value is -4.76. The van der Waals surface area contributed by atoms with Gasteiger partial charge in [0.1, 0.15) is 0 Å². The van der Waals surface area contributed by atoms with Crippen LogP contribution in [0.3, 0.4) is 0 Å². The van der Waals surface area contributed by atoms with E-state index in [9.17, 15) is 0 Å². The van der Waals surface area contributed by atoms with Crippen LogP contribution >= 0.6 is 0 Å². The van der Waals surface area contributed by atoms with Crippen LogP contribution in [-0.2, 0) is 40.3 Å². The minimum Gasteiger partial charge on any atom is -0.358 e. The van der Waals surface area contributed by atoms with Gasteiger partial charge in [-0.25, -0.2) is 0 Å². The number of nitrogens with zero attached hydrogens (tertiary/aromatic N) is 2. The molecule has 0 spiro atoms. The summed E-state index contributed by atoms with van der Waals surface area (Å²) in [5.74, 6) is 0.419. The molecule has 0 amide bonds. The summed E-state index contributed by atoms with van der Waals surface area (Å²) in [6, 6.07) is 52.6. The molecule has 8 aromatic carbocycles. The van der Waals surface area contributed by atoms with E-state index in [2.05, 4.69) is 191 Å². The van der Waals surface area contributed by atoms with Crippen molar-refractivity contribution in [2.75, 3.05) is 0 Å². The summed E-state index contributed by atoms with van der Waals surface area (Å²) in [6.45, 7) is 12.3. The first-order valence-corrected chi connectivity index (χ1v) is 24.3. The van der Waals surface area contributed by atoms with Crippen LogP contribution in [0.25, 0.3) is 87.4 Å². The van der Waals surface area contributed by atoms with Crippen LogP contribution in [0.4, 0.5) is 0 Å². The summed E-state index contributed by atoms with van der Waals surface area (Å²) in [6.07, 6.45) is 5.11. The molecule has 2 aromatic heterocycles. The monoisotopic (exact) mass is 890 g/mol. The summed E-state index contributed by atoms with van der Waals surface area (Å²) in [5, 5.41) is 14.3. The molecule has 0 N–H and O–H groups in total. The zero-order valence-electron chi connectivity index (χ0n) is 37.7. The molecule has 10 aromatic rings. The minimum absolute atomic E-state index is 0. The van der Waals surface area contributed by atoms with Gasteiger partial charge in [0.15, 0.2) is 0 Å². The van der Waals surface area contributed by atoms with Gasteiger partial charge in [-0.15, -0.1) is 67.3 Å². The number of rotatable bonds is 10. The van der Waals surface area contributed by atoms with Gasteiger partial charge in [-0.1, -0.05) is 138 Å². The summed E-state index contributed by atoms with van der Waals surface area (Å²) in [4.78, 5) is 0. The molecule has 0 saturated heterocycles. The number of aromatic nitrogens is 2. The van der Waals surface area contributed by atoms with Crippen molar-refractivity contribution >= 4 is 83.6 Å². The molecular weight excluding hydrogens is 832 g/mol. The summed E-state index contributed by atoms with van der Waals surface area (Å²) in [5.41, 5.74) is 13.4. The van der Waals surface area contributed by atoms with Gasteiger partial charge >= 0.3 is 26.2 Å². The Morgan fingerprint density at radius 2 is 1.02 bits per heavy atom. The second-order valence-corrected chi connectivity index (χ2v) is 21.8. The van der Waals surface area contributed by atoms with E-state index >= 15 is 0 Å². The number of unbranched alkanes of at least 4 members (excludes halogenated alkanes) is 3. The van der Waals surface area contributed by atoms with Crippen molar-refractivity contribution < 1.29 is 26.2 Å². The van der Waals surface area contributed by atoms with Gasteiger partial charge in [0.05, 0.1) is 0 Å². The van der Waals surface area contributed by atoms with Crippen LogP contribution in [0.2, 0.25) is 12.6 Å². The van der Waals surface area contributed by atoms with E-state index in [1.54, 1.807) is 15.9 Å². The van der Waals surface area contributed by atoms with E-state index in [-0.39, 0.29) is 41.1 Å². The molecule has 0 aliphatic heterocycles. The van der Waals surface area contributed by atoms with Crippen LogP contribution in [0, 0.1) is 21.8 Å². The standard InChI is InChI=1S/C55H54N2Si.2CH3.Zr/c1-8-9-10-15-30-58(7,54-36(4)31-46-39(20-16-22-43(46)54)37-26-28-52-48(32-37)41-18-11-13-24-50(41)56(52)5)55-44-23-17-21-40(47(44)34-45(55)35(2)3)38-27-29-53-49(33-38)42-19-12-14-25-51(42)57(53)6;;;/h11-14,16-29,31-35H,8-10,15,30H2,1-7H3;2*1H3;/q-2;2*-1;+4. The quantitative estimate of drug-likeness (QED) is 0.0735. The molecule has 10 rings (SSSR count). The fourth-order valence-corrected chi connectivity index (χ4v) is 16.3. The molecule has 0 bridgehead atoms. The predicted octanol–water partition coefficient (Wildman–Crippen LogP) is 15.2. The number of hydrogen-bond acceptors (Lipinski definition) is 0. The van der Waals surface area contributed by atoms with Crippen molar-refractivity contribution in [3.8, 4) is 22.3 Å². The molecule has 4 heteroatoms. The Morgan fingerprint density at radius 1 is 0.525 bits per heavy atom. The molecule has 0 fully saturated rings. The molecule has 2 nitrogen and oxygen atoms in total. The van der Waals surface area contributed by atoms with E-state index in [1.807, 2.05) is 0 Å². The van der Waals surface area contributed by atoms with Crippen molar-refractivity contribution in [2.24, 2.45) is 14.1 Å². The van der Waals surface area contributed by atoms with Crippen molar-refractivity contribution in [1.29, 1.82) is 0 Å². The summed E-state index contributed by atoms with van der Waals surface area (Å²) < 4.78 is 4.67. The Balaban J connectivity index is 0.00000187. The Labute approximate surface area is 384 Å². The maximum atomic E-state index is 2.73. The maximum Gasteiger partial charge on any atom is 4.00 e. The third-order valence-corrected chi connectivity index (χ3v) is 18.6. The Morgan fingerprint density at radius 3 is 1.54 bits per heavy atom. The molecule has 61 heavy (non-hydrogen) atoms. The van der Waals surface area contributed by atoms with Crippen molar-refractivity contribution in [1.82, 2.24) is 9.13 Å². The van der Waals surface area contributed by atoms with Gasteiger partial charge in [-0.2, -0.15) is 12.1 Å². The van der Waals surface area contributed by atoms with Crippen molar-refractivity contribution in [2.45, 2.75) is 71.9 Å².